The maximum Gasteiger partial charge on any atom is 0.252 e. The van der Waals surface area contributed by atoms with Crippen LogP contribution in [0.4, 0.5) is 0 Å². The molecule has 2 aromatic rings. The van der Waals surface area contributed by atoms with E-state index in [1.807, 2.05) is 19.1 Å². The van der Waals surface area contributed by atoms with Crippen LogP contribution in [0.25, 0.3) is 0 Å². The molecule has 0 aliphatic carbocycles. The van der Waals surface area contributed by atoms with Gasteiger partial charge in [0.2, 0.25) is 13.6 Å². The summed E-state index contributed by atoms with van der Waals surface area (Å²) in [6, 6.07) is 7.86. The highest BCUT2D eigenvalue weighted by Gasteiger charge is 2.24. The Kier molecular flexibility index (Phi) is 4.11. The summed E-state index contributed by atoms with van der Waals surface area (Å²) in [6.07, 6.45) is 1.73. The fourth-order valence-electron chi connectivity index (χ4n) is 3.46. The first-order chi connectivity index (χ1) is 12.5. The lowest BCUT2D eigenvalue weighted by molar-refractivity contribution is 0.0995. The number of hydrogen-bond donors (Lipinski definition) is 1. The molecule has 2 aliphatic rings. The molecule has 6 nitrogen and oxygen atoms in total. The predicted molar refractivity (Wildman–Crippen MR) is 95.1 cm³/mol. The van der Waals surface area contributed by atoms with E-state index < -0.39 is 5.91 Å². The molecule has 4 rings (SSSR count). The van der Waals surface area contributed by atoms with E-state index in [2.05, 4.69) is 13.0 Å². The standard InChI is InChI=1S/C20H21NO5/c1-11-5-13(18-16(6-11)23-9-25-18)4-3-12(2)14-7-15(20(21)22)19-17(8-14)24-10-26-19/h5-8,12H,3-4,9-10H2,1-2H3,(H2,21,22)/t12-/m0/s1. The second-order valence-electron chi connectivity index (χ2n) is 6.76. The second kappa shape index (κ2) is 6.44. The van der Waals surface area contributed by atoms with Gasteiger partial charge in [-0.05, 0) is 60.6 Å². The van der Waals surface area contributed by atoms with E-state index in [4.69, 9.17) is 24.7 Å². The molecule has 0 aromatic heterocycles. The number of rotatable bonds is 5. The zero-order valence-electron chi connectivity index (χ0n) is 14.8. The quantitative estimate of drug-likeness (QED) is 0.890. The Hall–Kier alpha value is -2.89. The molecular formula is C20H21NO5. The molecule has 2 aromatic carbocycles. The number of carbonyl (C=O) groups excluding carboxylic acids is 1. The van der Waals surface area contributed by atoms with Crippen molar-refractivity contribution in [1.82, 2.24) is 0 Å². The normalized spacial score (nSPS) is 15.2. The van der Waals surface area contributed by atoms with Crippen LogP contribution in [-0.2, 0) is 6.42 Å². The first-order valence-corrected chi connectivity index (χ1v) is 8.65. The first kappa shape index (κ1) is 16.6. The molecule has 0 unspecified atom stereocenters. The molecule has 0 spiro atoms. The lowest BCUT2D eigenvalue weighted by atomic mass is 9.91. The number of benzene rings is 2. The van der Waals surface area contributed by atoms with Crippen LogP contribution in [0.15, 0.2) is 24.3 Å². The number of primary amides is 1. The van der Waals surface area contributed by atoms with E-state index in [9.17, 15) is 4.79 Å². The summed E-state index contributed by atoms with van der Waals surface area (Å²) in [5.41, 5.74) is 9.16. The summed E-state index contributed by atoms with van der Waals surface area (Å²) in [7, 11) is 0. The van der Waals surface area contributed by atoms with Crippen LogP contribution in [0.5, 0.6) is 23.0 Å². The maximum atomic E-state index is 11.7. The Labute approximate surface area is 151 Å². The van der Waals surface area contributed by atoms with E-state index in [0.29, 0.717) is 17.1 Å². The van der Waals surface area contributed by atoms with Gasteiger partial charge in [-0.1, -0.05) is 13.0 Å². The van der Waals surface area contributed by atoms with Crippen molar-refractivity contribution in [2.24, 2.45) is 5.73 Å². The molecule has 26 heavy (non-hydrogen) atoms. The number of hydrogen-bond acceptors (Lipinski definition) is 5. The molecule has 1 atom stereocenters. The van der Waals surface area contributed by atoms with Crippen molar-refractivity contribution >= 4 is 5.91 Å². The Balaban J connectivity index is 1.56. The molecule has 0 radical (unpaired) electrons. The van der Waals surface area contributed by atoms with Gasteiger partial charge >= 0.3 is 0 Å². The van der Waals surface area contributed by atoms with E-state index in [1.54, 1.807) is 6.07 Å². The second-order valence-corrected chi connectivity index (χ2v) is 6.76. The van der Waals surface area contributed by atoms with E-state index in [-0.39, 0.29) is 19.5 Å². The van der Waals surface area contributed by atoms with Crippen LogP contribution in [0.2, 0.25) is 0 Å². The van der Waals surface area contributed by atoms with Gasteiger partial charge in [0.25, 0.3) is 5.91 Å². The number of carbonyl (C=O) groups is 1. The number of nitrogens with two attached hydrogens (primary N) is 1. The molecule has 2 N–H and O–H groups in total. The molecule has 136 valence electrons. The minimum atomic E-state index is -0.511. The van der Waals surface area contributed by atoms with Crippen LogP contribution in [-0.4, -0.2) is 19.5 Å². The fourth-order valence-corrected chi connectivity index (χ4v) is 3.46. The average Bonchev–Trinajstić information content (AvgIpc) is 3.26. The molecule has 2 heterocycles. The molecule has 2 aliphatic heterocycles. The third-order valence-corrected chi connectivity index (χ3v) is 4.87. The highest BCUT2D eigenvalue weighted by Crippen LogP contribution is 2.41. The Morgan fingerprint density at radius 3 is 2.46 bits per heavy atom. The number of amides is 1. The SMILES string of the molecule is Cc1cc(CC[C@H](C)c2cc3c(c(C(N)=O)c2)OCO3)c2c(c1)OCO2. The zero-order valence-corrected chi connectivity index (χ0v) is 14.8. The third-order valence-electron chi connectivity index (χ3n) is 4.87. The fraction of sp³-hybridized carbons (Fsp3) is 0.350. The van der Waals surface area contributed by atoms with Gasteiger partial charge < -0.3 is 24.7 Å². The van der Waals surface area contributed by atoms with Crippen LogP contribution in [0.1, 0.15) is 46.3 Å². The number of ether oxygens (including phenoxy) is 4. The molecule has 6 heteroatoms. The highest BCUT2D eigenvalue weighted by molar-refractivity contribution is 5.97. The average molecular weight is 355 g/mol. The first-order valence-electron chi connectivity index (χ1n) is 8.65. The predicted octanol–water partition coefficient (Wildman–Crippen LogP) is 3.29. The van der Waals surface area contributed by atoms with Gasteiger partial charge in [-0.25, -0.2) is 0 Å². The summed E-state index contributed by atoms with van der Waals surface area (Å²) in [6.45, 7) is 4.55. The Morgan fingerprint density at radius 2 is 1.73 bits per heavy atom. The molecular weight excluding hydrogens is 334 g/mol. The largest absolute Gasteiger partial charge is 0.454 e. The number of fused-ring (bicyclic) bond motifs is 2. The monoisotopic (exact) mass is 355 g/mol. The minimum absolute atomic E-state index is 0.111. The zero-order chi connectivity index (χ0) is 18.3. The molecule has 0 saturated heterocycles. The van der Waals surface area contributed by atoms with Gasteiger partial charge in [-0.15, -0.1) is 0 Å². The van der Waals surface area contributed by atoms with Crippen molar-refractivity contribution < 1.29 is 23.7 Å². The van der Waals surface area contributed by atoms with E-state index >= 15 is 0 Å². The van der Waals surface area contributed by atoms with Crippen molar-refractivity contribution in [3.05, 3.63) is 46.5 Å². The maximum absolute atomic E-state index is 11.7. The van der Waals surface area contributed by atoms with Gasteiger partial charge in [-0.3, -0.25) is 4.79 Å². The molecule has 1 amide bonds. The van der Waals surface area contributed by atoms with Crippen LogP contribution in [0, 0.1) is 6.92 Å². The smallest absolute Gasteiger partial charge is 0.252 e. The van der Waals surface area contributed by atoms with Crippen LogP contribution >= 0.6 is 0 Å². The van der Waals surface area contributed by atoms with Crippen molar-refractivity contribution in [3.8, 4) is 23.0 Å². The molecule has 0 saturated carbocycles. The van der Waals surface area contributed by atoms with E-state index in [0.717, 1.165) is 41.0 Å². The Bertz CT molecular complexity index is 877. The summed E-state index contributed by atoms with van der Waals surface area (Å²) < 4.78 is 21.9. The van der Waals surface area contributed by atoms with Crippen LogP contribution in [0.3, 0.4) is 0 Å². The summed E-state index contributed by atoms with van der Waals surface area (Å²) in [4.78, 5) is 11.7. The molecule has 0 fully saturated rings. The highest BCUT2D eigenvalue weighted by atomic mass is 16.7. The van der Waals surface area contributed by atoms with Gasteiger partial charge in [0, 0.05) is 0 Å². The van der Waals surface area contributed by atoms with Gasteiger partial charge in [0.15, 0.2) is 23.0 Å². The summed E-state index contributed by atoms with van der Waals surface area (Å²) in [5.74, 6) is 2.37. The van der Waals surface area contributed by atoms with Crippen molar-refractivity contribution in [2.45, 2.75) is 32.6 Å². The topological polar surface area (TPSA) is 80.0 Å². The Morgan fingerprint density at radius 1 is 1.04 bits per heavy atom. The van der Waals surface area contributed by atoms with Crippen LogP contribution < -0.4 is 24.7 Å². The minimum Gasteiger partial charge on any atom is -0.454 e. The molecule has 0 bridgehead atoms. The third kappa shape index (κ3) is 2.92. The van der Waals surface area contributed by atoms with Crippen molar-refractivity contribution in [3.63, 3.8) is 0 Å². The summed E-state index contributed by atoms with van der Waals surface area (Å²) in [5, 5.41) is 0. The lowest BCUT2D eigenvalue weighted by Gasteiger charge is -2.15. The van der Waals surface area contributed by atoms with Gasteiger partial charge in [0.05, 0.1) is 5.56 Å². The summed E-state index contributed by atoms with van der Waals surface area (Å²) >= 11 is 0. The van der Waals surface area contributed by atoms with Crippen molar-refractivity contribution in [2.75, 3.05) is 13.6 Å². The van der Waals surface area contributed by atoms with Gasteiger partial charge in [0.1, 0.15) is 0 Å². The van der Waals surface area contributed by atoms with Crippen molar-refractivity contribution in [1.29, 1.82) is 0 Å². The number of aryl methyl sites for hydroxylation is 2. The van der Waals surface area contributed by atoms with Gasteiger partial charge in [-0.2, -0.15) is 0 Å². The lowest BCUT2D eigenvalue weighted by Crippen LogP contribution is -2.13. The van der Waals surface area contributed by atoms with E-state index in [1.165, 1.54) is 0 Å².